The molecule has 1 unspecified atom stereocenters. The van der Waals surface area contributed by atoms with Gasteiger partial charge in [0.25, 0.3) is 0 Å². The highest BCUT2D eigenvalue weighted by Gasteiger charge is 2.01. The van der Waals surface area contributed by atoms with Crippen LogP contribution in [0.4, 0.5) is 0 Å². The van der Waals surface area contributed by atoms with E-state index in [4.69, 9.17) is 11.6 Å². The van der Waals surface area contributed by atoms with Crippen LogP contribution in [0.25, 0.3) is 0 Å². The van der Waals surface area contributed by atoms with Crippen molar-refractivity contribution in [1.29, 1.82) is 0 Å². The van der Waals surface area contributed by atoms with Gasteiger partial charge >= 0.3 is 0 Å². The number of pyridine rings is 1. The van der Waals surface area contributed by atoms with Crippen molar-refractivity contribution in [3.63, 3.8) is 0 Å². The third-order valence-corrected chi connectivity index (χ3v) is 1.52. The minimum absolute atomic E-state index is 0.378. The van der Waals surface area contributed by atoms with Crippen molar-refractivity contribution >= 4 is 11.6 Å². The molecule has 2 nitrogen and oxygen atoms in total. The van der Waals surface area contributed by atoms with E-state index < -0.39 is 6.10 Å². The highest BCUT2D eigenvalue weighted by atomic mass is 35.5. The molecule has 0 aromatic carbocycles. The second kappa shape index (κ2) is 3.51. The van der Waals surface area contributed by atoms with Crippen LogP contribution < -0.4 is 0 Å². The predicted molar refractivity (Wildman–Crippen MR) is 44.4 cm³/mol. The molecule has 0 aliphatic rings. The summed E-state index contributed by atoms with van der Waals surface area (Å²) < 4.78 is 0. The summed E-state index contributed by atoms with van der Waals surface area (Å²) in [5.41, 5.74) is 0.708. The summed E-state index contributed by atoms with van der Waals surface area (Å²) in [6.45, 7) is 3.45. The van der Waals surface area contributed by atoms with Crippen LogP contribution in [-0.2, 0) is 0 Å². The summed E-state index contributed by atoms with van der Waals surface area (Å²) in [5.74, 6) is 0. The van der Waals surface area contributed by atoms with Crippen LogP contribution in [0.1, 0.15) is 11.7 Å². The van der Waals surface area contributed by atoms with Gasteiger partial charge in [0.1, 0.15) is 5.15 Å². The SMILES string of the molecule is C=CC(O)c1ccnc(Cl)c1. The predicted octanol–water partition coefficient (Wildman–Crippen LogP) is 1.95. The van der Waals surface area contributed by atoms with Crippen LogP contribution in [0, 0.1) is 0 Å². The van der Waals surface area contributed by atoms with Crippen LogP contribution in [-0.4, -0.2) is 10.1 Å². The van der Waals surface area contributed by atoms with Gasteiger partial charge in [-0.3, -0.25) is 0 Å². The van der Waals surface area contributed by atoms with Crippen molar-refractivity contribution < 1.29 is 5.11 Å². The zero-order valence-corrected chi connectivity index (χ0v) is 6.62. The Hall–Kier alpha value is -0.860. The van der Waals surface area contributed by atoms with E-state index >= 15 is 0 Å². The lowest BCUT2D eigenvalue weighted by atomic mass is 10.1. The lowest BCUT2D eigenvalue weighted by molar-refractivity contribution is 0.229. The van der Waals surface area contributed by atoms with E-state index in [1.54, 1.807) is 18.3 Å². The number of halogens is 1. The zero-order chi connectivity index (χ0) is 8.27. The molecular formula is C8H8ClNO. The number of rotatable bonds is 2. The van der Waals surface area contributed by atoms with E-state index in [0.29, 0.717) is 10.7 Å². The Kier molecular flexibility index (Phi) is 2.63. The number of nitrogens with zero attached hydrogens (tertiary/aromatic N) is 1. The van der Waals surface area contributed by atoms with Gasteiger partial charge in [0.2, 0.25) is 0 Å². The summed E-state index contributed by atoms with van der Waals surface area (Å²) in [5, 5.41) is 9.63. The Balaban J connectivity index is 2.95. The second-order valence-electron chi connectivity index (χ2n) is 2.09. The molecule has 0 aliphatic carbocycles. The molecule has 0 spiro atoms. The van der Waals surface area contributed by atoms with Gasteiger partial charge < -0.3 is 5.11 Å². The fraction of sp³-hybridized carbons (Fsp3) is 0.125. The van der Waals surface area contributed by atoms with Gasteiger partial charge in [0, 0.05) is 6.20 Å². The molecule has 0 saturated carbocycles. The minimum atomic E-state index is -0.657. The van der Waals surface area contributed by atoms with E-state index in [9.17, 15) is 5.11 Å². The van der Waals surface area contributed by atoms with Gasteiger partial charge in [-0.15, -0.1) is 6.58 Å². The third-order valence-electron chi connectivity index (χ3n) is 1.32. The Morgan fingerprint density at radius 2 is 2.45 bits per heavy atom. The fourth-order valence-electron chi connectivity index (χ4n) is 0.738. The van der Waals surface area contributed by atoms with Gasteiger partial charge in [-0.2, -0.15) is 0 Å². The van der Waals surface area contributed by atoms with Crippen molar-refractivity contribution in [2.75, 3.05) is 0 Å². The van der Waals surface area contributed by atoms with Gasteiger partial charge in [0.05, 0.1) is 6.10 Å². The number of aliphatic hydroxyl groups is 1. The molecule has 1 N–H and O–H groups in total. The van der Waals surface area contributed by atoms with Crippen molar-refractivity contribution in [2.24, 2.45) is 0 Å². The first-order valence-corrected chi connectivity index (χ1v) is 3.54. The Morgan fingerprint density at radius 3 is 3.00 bits per heavy atom. The van der Waals surface area contributed by atoms with Crippen molar-refractivity contribution in [2.45, 2.75) is 6.10 Å². The largest absolute Gasteiger partial charge is 0.384 e. The molecule has 0 radical (unpaired) electrons. The standard InChI is InChI=1S/C8H8ClNO/c1-2-7(11)6-3-4-10-8(9)5-6/h2-5,7,11H,1H2. The molecule has 1 aromatic rings. The first kappa shape index (κ1) is 8.24. The summed E-state index contributed by atoms with van der Waals surface area (Å²) in [7, 11) is 0. The Bertz CT molecular complexity index is 262. The van der Waals surface area contributed by atoms with Crippen LogP contribution in [0.15, 0.2) is 31.0 Å². The maximum atomic E-state index is 9.25. The average molecular weight is 170 g/mol. The normalized spacial score (nSPS) is 12.5. The molecule has 0 bridgehead atoms. The molecule has 0 aliphatic heterocycles. The fourth-order valence-corrected chi connectivity index (χ4v) is 0.920. The number of hydrogen-bond donors (Lipinski definition) is 1. The highest BCUT2D eigenvalue weighted by Crippen LogP contribution is 2.15. The second-order valence-corrected chi connectivity index (χ2v) is 2.48. The minimum Gasteiger partial charge on any atom is -0.384 e. The van der Waals surface area contributed by atoms with Crippen LogP contribution >= 0.6 is 11.6 Å². The molecule has 1 atom stereocenters. The molecular weight excluding hydrogens is 162 g/mol. The van der Waals surface area contributed by atoms with E-state index in [2.05, 4.69) is 11.6 Å². The number of hydrogen-bond acceptors (Lipinski definition) is 2. The maximum absolute atomic E-state index is 9.25. The van der Waals surface area contributed by atoms with Crippen molar-refractivity contribution in [3.8, 4) is 0 Å². The average Bonchev–Trinajstić information content (AvgIpc) is 2.03. The molecule has 0 amide bonds. The maximum Gasteiger partial charge on any atom is 0.129 e. The van der Waals surface area contributed by atoms with E-state index in [1.165, 1.54) is 6.08 Å². The van der Waals surface area contributed by atoms with E-state index in [-0.39, 0.29) is 0 Å². The molecule has 0 fully saturated rings. The Labute approximate surface area is 70.2 Å². The smallest absolute Gasteiger partial charge is 0.129 e. The van der Waals surface area contributed by atoms with Crippen LogP contribution in [0.2, 0.25) is 5.15 Å². The number of aliphatic hydroxyl groups excluding tert-OH is 1. The first-order valence-electron chi connectivity index (χ1n) is 3.16. The molecule has 11 heavy (non-hydrogen) atoms. The van der Waals surface area contributed by atoms with Gasteiger partial charge in [-0.05, 0) is 17.7 Å². The summed E-state index contributed by atoms with van der Waals surface area (Å²) >= 11 is 5.59. The van der Waals surface area contributed by atoms with E-state index in [1.807, 2.05) is 0 Å². The summed E-state index contributed by atoms with van der Waals surface area (Å²) in [4.78, 5) is 3.78. The topological polar surface area (TPSA) is 33.1 Å². The number of aromatic nitrogens is 1. The third kappa shape index (κ3) is 2.03. The van der Waals surface area contributed by atoms with Gasteiger partial charge in [0.15, 0.2) is 0 Å². The monoisotopic (exact) mass is 169 g/mol. The molecule has 3 heteroatoms. The molecule has 1 rings (SSSR count). The highest BCUT2D eigenvalue weighted by molar-refractivity contribution is 6.29. The first-order chi connectivity index (χ1) is 5.24. The zero-order valence-electron chi connectivity index (χ0n) is 5.87. The van der Waals surface area contributed by atoms with Gasteiger partial charge in [-0.25, -0.2) is 4.98 Å². The Morgan fingerprint density at radius 1 is 1.73 bits per heavy atom. The quantitative estimate of drug-likeness (QED) is 0.542. The van der Waals surface area contributed by atoms with Crippen LogP contribution in [0.5, 0.6) is 0 Å². The summed E-state index contributed by atoms with van der Waals surface area (Å²) in [6.07, 6.45) is 2.33. The molecule has 1 aromatic heterocycles. The van der Waals surface area contributed by atoms with Crippen LogP contribution in [0.3, 0.4) is 0 Å². The molecule has 0 saturated heterocycles. The van der Waals surface area contributed by atoms with Crippen molar-refractivity contribution in [1.82, 2.24) is 4.98 Å². The lowest BCUT2D eigenvalue weighted by Crippen LogP contribution is -1.92. The van der Waals surface area contributed by atoms with Gasteiger partial charge in [-0.1, -0.05) is 17.7 Å². The van der Waals surface area contributed by atoms with Crippen molar-refractivity contribution in [3.05, 3.63) is 41.7 Å². The molecule has 1 heterocycles. The van der Waals surface area contributed by atoms with E-state index in [0.717, 1.165) is 0 Å². The molecule has 58 valence electrons. The lowest BCUT2D eigenvalue weighted by Gasteiger charge is -2.03. The summed E-state index contributed by atoms with van der Waals surface area (Å²) in [6, 6.07) is 3.30.